The number of amides is 1. The van der Waals surface area contributed by atoms with E-state index in [9.17, 15) is 13.2 Å². The molecule has 1 amide bonds. The molecule has 0 saturated heterocycles. The molecular formula is C19H16Cl2N4O3S2. The summed E-state index contributed by atoms with van der Waals surface area (Å²) in [6.45, 7) is 0. The van der Waals surface area contributed by atoms with E-state index in [-0.39, 0.29) is 27.3 Å². The molecule has 0 unspecified atom stereocenters. The van der Waals surface area contributed by atoms with E-state index in [2.05, 4.69) is 20.2 Å². The van der Waals surface area contributed by atoms with Gasteiger partial charge in [-0.25, -0.2) is 8.42 Å². The summed E-state index contributed by atoms with van der Waals surface area (Å²) >= 11 is 13.2. The van der Waals surface area contributed by atoms with Crippen LogP contribution in [0.5, 0.6) is 0 Å². The van der Waals surface area contributed by atoms with Crippen LogP contribution in [0.1, 0.15) is 29.3 Å². The molecule has 1 saturated carbocycles. The topological polar surface area (TPSA) is 101 Å². The van der Waals surface area contributed by atoms with Crippen LogP contribution in [-0.2, 0) is 21.2 Å². The zero-order chi connectivity index (χ0) is 21.3. The van der Waals surface area contributed by atoms with E-state index in [1.807, 2.05) is 0 Å². The summed E-state index contributed by atoms with van der Waals surface area (Å²) < 4.78 is 27.5. The lowest BCUT2D eigenvalue weighted by molar-refractivity contribution is -0.115. The minimum atomic E-state index is -3.85. The van der Waals surface area contributed by atoms with Crippen LogP contribution in [-0.4, -0.2) is 24.5 Å². The number of aromatic nitrogens is 2. The Bertz CT molecular complexity index is 1170. The van der Waals surface area contributed by atoms with Crippen molar-refractivity contribution in [2.45, 2.75) is 30.1 Å². The predicted molar refractivity (Wildman–Crippen MR) is 118 cm³/mol. The summed E-state index contributed by atoms with van der Waals surface area (Å²) in [6.07, 6.45) is 2.39. The van der Waals surface area contributed by atoms with Crippen molar-refractivity contribution in [1.29, 1.82) is 0 Å². The van der Waals surface area contributed by atoms with Gasteiger partial charge in [-0.05, 0) is 48.7 Å². The molecule has 0 radical (unpaired) electrons. The van der Waals surface area contributed by atoms with Gasteiger partial charge in [0.1, 0.15) is 5.01 Å². The van der Waals surface area contributed by atoms with Gasteiger partial charge in [0.15, 0.2) is 0 Å². The Morgan fingerprint density at radius 2 is 1.73 bits per heavy atom. The fraction of sp³-hybridized carbons (Fsp3) is 0.211. The summed E-state index contributed by atoms with van der Waals surface area (Å²) in [5, 5.41) is 12.7. The smallest absolute Gasteiger partial charge is 0.261 e. The van der Waals surface area contributed by atoms with Gasteiger partial charge in [0, 0.05) is 21.7 Å². The molecule has 1 aliphatic carbocycles. The number of anilines is 2. The van der Waals surface area contributed by atoms with E-state index >= 15 is 0 Å². The molecule has 1 aromatic heterocycles. The Balaban J connectivity index is 1.37. The summed E-state index contributed by atoms with van der Waals surface area (Å²) in [4.78, 5) is 12.2. The van der Waals surface area contributed by atoms with Crippen molar-refractivity contribution in [1.82, 2.24) is 10.2 Å². The molecule has 0 aliphatic heterocycles. The lowest BCUT2D eigenvalue weighted by atomic mass is 10.1. The molecule has 11 heteroatoms. The fourth-order valence-electron chi connectivity index (χ4n) is 2.72. The first-order valence-corrected chi connectivity index (χ1v) is 12.1. The van der Waals surface area contributed by atoms with Gasteiger partial charge in [0.2, 0.25) is 11.0 Å². The second kappa shape index (κ2) is 8.50. The number of carbonyl (C=O) groups excluding carboxylic acids is 1. The van der Waals surface area contributed by atoms with E-state index in [0.717, 1.165) is 23.4 Å². The first kappa shape index (κ1) is 21.0. The van der Waals surface area contributed by atoms with Crippen molar-refractivity contribution in [2.75, 3.05) is 10.0 Å². The van der Waals surface area contributed by atoms with E-state index in [1.165, 1.54) is 29.5 Å². The van der Waals surface area contributed by atoms with Crippen LogP contribution in [0.15, 0.2) is 47.4 Å². The number of hydrogen-bond donors (Lipinski definition) is 2. The number of rotatable bonds is 7. The highest BCUT2D eigenvalue weighted by Gasteiger charge is 2.27. The van der Waals surface area contributed by atoms with E-state index in [4.69, 9.17) is 23.2 Å². The Morgan fingerprint density at radius 3 is 2.37 bits per heavy atom. The van der Waals surface area contributed by atoms with E-state index in [0.29, 0.717) is 16.7 Å². The highest BCUT2D eigenvalue weighted by atomic mass is 35.5. The minimum absolute atomic E-state index is 0.0360. The van der Waals surface area contributed by atoms with Crippen LogP contribution in [0.25, 0.3) is 0 Å². The molecular weight excluding hydrogens is 467 g/mol. The van der Waals surface area contributed by atoms with Crippen LogP contribution in [0.4, 0.5) is 10.8 Å². The molecule has 4 rings (SSSR count). The van der Waals surface area contributed by atoms with Crippen molar-refractivity contribution in [3.05, 3.63) is 63.1 Å². The number of benzene rings is 2. The molecule has 7 nitrogen and oxygen atoms in total. The normalized spacial score (nSPS) is 13.8. The van der Waals surface area contributed by atoms with Crippen LogP contribution in [0.3, 0.4) is 0 Å². The number of sulfonamides is 1. The van der Waals surface area contributed by atoms with Gasteiger partial charge in [-0.1, -0.05) is 46.7 Å². The van der Waals surface area contributed by atoms with Crippen LogP contribution < -0.4 is 10.0 Å². The van der Waals surface area contributed by atoms with Gasteiger partial charge in [-0.15, -0.1) is 10.2 Å². The lowest BCUT2D eigenvalue weighted by Crippen LogP contribution is -2.15. The van der Waals surface area contributed by atoms with Gasteiger partial charge in [0.25, 0.3) is 10.0 Å². The Hall–Kier alpha value is -2.20. The number of halogens is 2. The van der Waals surface area contributed by atoms with Crippen molar-refractivity contribution < 1.29 is 13.2 Å². The quantitative estimate of drug-likeness (QED) is 0.507. The largest absolute Gasteiger partial charge is 0.300 e. The highest BCUT2D eigenvalue weighted by molar-refractivity contribution is 7.92. The summed E-state index contributed by atoms with van der Waals surface area (Å²) in [6, 6.07) is 10.6. The van der Waals surface area contributed by atoms with Crippen molar-refractivity contribution in [2.24, 2.45) is 0 Å². The van der Waals surface area contributed by atoms with Gasteiger partial charge < -0.3 is 5.32 Å². The van der Waals surface area contributed by atoms with Crippen LogP contribution >= 0.6 is 34.5 Å². The molecule has 0 bridgehead atoms. The van der Waals surface area contributed by atoms with Gasteiger partial charge in [-0.2, -0.15) is 0 Å². The zero-order valence-corrected chi connectivity index (χ0v) is 18.6. The second-order valence-electron chi connectivity index (χ2n) is 6.85. The van der Waals surface area contributed by atoms with Gasteiger partial charge in [0.05, 0.1) is 11.3 Å². The molecule has 0 spiro atoms. The SMILES string of the molecule is O=C(Cc1ccc(NS(=O)(=O)c2cc(Cl)cc(Cl)c2)cc1)Nc1nnc(C2CC2)s1. The molecule has 156 valence electrons. The molecule has 1 fully saturated rings. The average molecular weight is 483 g/mol. The zero-order valence-electron chi connectivity index (χ0n) is 15.4. The van der Waals surface area contributed by atoms with Crippen molar-refractivity contribution >= 4 is 61.3 Å². The Kier molecular flexibility index (Phi) is 5.97. The third-order valence-electron chi connectivity index (χ3n) is 4.33. The predicted octanol–water partition coefficient (Wildman–Crippen LogP) is 4.70. The third kappa shape index (κ3) is 5.28. The van der Waals surface area contributed by atoms with Gasteiger partial charge in [-0.3, -0.25) is 9.52 Å². The standard InChI is InChI=1S/C19H16Cl2N4O3S2/c20-13-8-14(21)10-16(9-13)30(27,28)25-15-5-1-11(2-6-15)7-17(26)22-19-24-23-18(29-19)12-3-4-12/h1-2,5-6,8-10,12,25H,3-4,7H2,(H,22,24,26). The molecule has 30 heavy (non-hydrogen) atoms. The molecule has 3 aromatic rings. The summed E-state index contributed by atoms with van der Waals surface area (Å²) in [7, 11) is -3.85. The molecule has 0 atom stereocenters. The lowest BCUT2D eigenvalue weighted by Gasteiger charge is -2.10. The Morgan fingerprint density at radius 1 is 1.07 bits per heavy atom. The number of hydrogen-bond acceptors (Lipinski definition) is 6. The maximum atomic E-state index is 12.5. The second-order valence-corrected chi connectivity index (χ2v) is 10.4. The van der Waals surface area contributed by atoms with Crippen molar-refractivity contribution in [3.63, 3.8) is 0 Å². The van der Waals surface area contributed by atoms with E-state index < -0.39 is 10.0 Å². The minimum Gasteiger partial charge on any atom is -0.300 e. The average Bonchev–Trinajstić information content (AvgIpc) is 3.42. The van der Waals surface area contributed by atoms with Crippen LogP contribution in [0, 0.1) is 0 Å². The first-order chi connectivity index (χ1) is 14.3. The monoisotopic (exact) mass is 482 g/mol. The van der Waals surface area contributed by atoms with E-state index in [1.54, 1.807) is 24.3 Å². The molecule has 1 aliphatic rings. The summed E-state index contributed by atoms with van der Waals surface area (Å²) in [5.41, 5.74) is 1.08. The maximum Gasteiger partial charge on any atom is 0.261 e. The highest BCUT2D eigenvalue weighted by Crippen LogP contribution is 2.42. The third-order valence-corrected chi connectivity index (χ3v) is 7.13. The number of nitrogens with zero attached hydrogens (tertiary/aromatic N) is 2. The molecule has 1 heterocycles. The first-order valence-electron chi connectivity index (χ1n) is 8.99. The van der Waals surface area contributed by atoms with Crippen molar-refractivity contribution in [3.8, 4) is 0 Å². The van der Waals surface area contributed by atoms with Gasteiger partial charge >= 0.3 is 0 Å². The Labute approximate surface area is 187 Å². The number of carbonyl (C=O) groups is 1. The number of nitrogens with one attached hydrogen (secondary N) is 2. The van der Waals surface area contributed by atoms with Crippen LogP contribution in [0.2, 0.25) is 10.0 Å². The molecule has 2 aromatic carbocycles. The molecule has 2 N–H and O–H groups in total. The maximum absolute atomic E-state index is 12.5. The fourth-order valence-corrected chi connectivity index (χ4v) is 5.43. The summed E-state index contributed by atoms with van der Waals surface area (Å²) in [5.74, 6) is 0.280.